The van der Waals surface area contributed by atoms with Crippen LogP contribution in [0.5, 0.6) is 0 Å². The summed E-state index contributed by atoms with van der Waals surface area (Å²) in [4.78, 5) is 11.0. The molecule has 1 aliphatic rings. The van der Waals surface area contributed by atoms with Crippen molar-refractivity contribution in [1.29, 1.82) is 0 Å². The molecule has 1 unspecified atom stereocenters. The Hall–Kier alpha value is -0.530. The molecule has 1 heterocycles. The molecule has 0 bridgehead atoms. The van der Waals surface area contributed by atoms with Crippen LogP contribution in [-0.2, 0) is 9.53 Å². The summed E-state index contributed by atoms with van der Waals surface area (Å²) in [6, 6.07) is 0. The average Bonchev–Trinajstić information content (AvgIpc) is 2.89. The second-order valence-corrected chi connectivity index (χ2v) is 6.78. The molecule has 0 spiro atoms. The Morgan fingerprint density at radius 3 is 1.71 bits per heavy atom. The zero-order valence-corrected chi connectivity index (χ0v) is 14.2. The van der Waals surface area contributed by atoms with Gasteiger partial charge >= 0.3 is 5.97 Å². The molecule has 0 N–H and O–H groups in total. The summed E-state index contributed by atoms with van der Waals surface area (Å²) in [6.07, 6.45) is 20.1. The van der Waals surface area contributed by atoms with E-state index in [0.29, 0.717) is 18.9 Å². The maximum absolute atomic E-state index is 11.0. The maximum atomic E-state index is 11.0. The van der Waals surface area contributed by atoms with Crippen molar-refractivity contribution in [2.75, 3.05) is 6.61 Å². The first-order chi connectivity index (χ1) is 10.3. The predicted octanol–water partition coefficient (Wildman–Crippen LogP) is 6.03. The van der Waals surface area contributed by atoms with Crippen molar-refractivity contribution >= 4 is 5.97 Å². The highest BCUT2D eigenvalue weighted by atomic mass is 16.5. The Bertz CT molecular complexity index is 250. The highest BCUT2D eigenvalue weighted by Gasteiger charge is 2.22. The molecular weight excluding hydrogens is 260 g/mol. The molecule has 0 aromatic heterocycles. The van der Waals surface area contributed by atoms with Crippen LogP contribution in [0.1, 0.15) is 103 Å². The first-order valence-corrected chi connectivity index (χ1v) is 9.48. The second-order valence-electron chi connectivity index (χ2n) is 6.78. The Labute approximate surface area is 132 Å². The van der Waals surface area contributed by atoms with Crippen LogP contribution < -0.4 is 0 Å². The minimum absolute atomic E-state index is 0.00898. The van der Waals surface area contributed by atoms with Crippen LogP contribution in [0.25, 0.3) is 0 Å². The second kappa shape index (κ2) is 13.2. The third kappa shape index (κ3) is 10.8. The Balaban J connectivity index is 1.70. The van der Waals surface area contributed by atoms with Crippen molar-refractivity contribution in [3.8, 4) is 0 Å². The van der Waals surface area contributed by atoms with Gasteiger partial charge in [-0.25, -0.2) is 0 Å². The topological polar surface area (TPSA) is 26.3 Å². The SMILES string of the molecule is CCCCCCCCCCCCCCCC1COC(=O)C1. The number of hydrogen-bond donors (Lipinski definition) is 0. The van der Waals surface area contributed by atoms with E-state index in [0.717, 1.165) is 0 Å². The molecule has 2 heteroatoms. The first-order valence-electron chi connectivity index (χ1n) is 9.48. The molecule has 2 nitrogen and oxygen atoms in total. The van der Waals surface area contributed by atoms with E-state index in [1.54, 1.807) is 0 Å². The van der Waals surface area contributed by atoms with E-state index in [1.165, 1.54) is 89.9 Å². The normalized spacial score (nSPS) is 18.1. The van der Waals surface area contributed by atoms with Crippen molar-refractivity contribution < 1.29 is 9.53 Å². The Morgan fingerprint density at radius 1 is 0.810 bits per heavy atom. The lowest BCUT2D eigenvalue weighted by Gasteiger charge is -2.05. The van der Waals surface area contributed by atoms with Gasteiger partial charge in [-0.05, 0) is 6.42 Å². The number of ether oxygens (including phenoxy) is 1. The van der Waals surface area contributed by atoms with Crippen LogP contribution in [0.4, 0.5) is 0 Å². The van der Waals surface area contributed by atoms with Gasteiger partial charge in [-0.15, -0.1) is 0 Å². The summed E-state index contributed by atoms with van der Waals surface area (Å²) in [5.74, 6) is 0.528. The van der Waals surface area contributed by atoms with E-state index in [-0.39, 0.29) is 5.97 Å². The van der Waals surface area contributed by atoms with Crippen LogP contribution in [0.15, 0.2) is 0 Å². The van der Waals surface area contributed by atoms with Gasteiger partial charge in [0.2, 0.25) is 0 Å². The molecule has 124 valence electrons. The molecule has 0 saturated carbocycles. The van der Waals surface area contributed by atoms with Gasteiger partial charge in [0.05, 0.1) is 13.0 Å². The van der Waals surface area contributed by atoms with Gasteiger partial charge in [0.25, 0.3) is 0 Å². The van der Waals surface area contributed by atoms with Gasteiger partial charge in [0.15, 0.2) is 0 Å². The molecule has 0 aromatic rings. The Kier molecular flexibility index (Phi) is 11.6. The Morgan fingerprint density at radius 2 is 1.29 bits per heavy atom. The number of cyclic esters (lactones) is 1. The molecular formula is C19H36O2. The van der Waals surface area contributed by atoms with Crippen LogP contribution in [0.3, 0.4) is 0 Å². The highest BCUT2D eigenvalue weighted by Crippen LogP contribution is 2.21. The fraction of sp³-hybridized carbons (Fsp3) is 0.947. The van der Waals surface area contributed by atoms with Crippen LogP contribution in [0.2, 0.25) is 0 Å². The van der Waals surface area contributed by atoms with Crippen LogP contribution >= 0.6 is 0 Å². The van der Waals surface area contributed by atoms with Crippen LogP contribution in [0, 0.1) is 5.92 Å². The summed E-state index contributed by atoms with van der Waals surface area (Å²) in [5, 5.41) is 0. The number of esters is 1. The lowest BCUT2D eigenvalue weighted by atomic mass is 9.99. The van der Waals surface area contributed by atoms with E-state index in [2.05, 4.69) is 6.92 Å². The van der Waals surface area contributed by atoms with E-state index < -0.39 is 0 Å². The van der Waals surface area contributed by atoms with Crippen molar-refractivity contribution in [2.24, 2.45) is 5.92 Å². The van der Waals surface area contributed by atoms with Crippen LogP contribution in [-0.4, -0.2) is 12.6 Å². The summed E-state index contributed by atoms with van der Waals surface area (Å²) in [5.41, 5.74) is 0. The number of rotatable bonds is 14. The third-order valence-electron chi connectivity index (χ3n) is 4.65. The lowest BCUT2D eigenvalue weighted by Crippen LogP contribution is -1.98. The van der Waals surface area contributed by atoms with E-state index in [1.807, 2.05) is 0 Å². The molecule has 0 aliphatic carbocycles. The predicted molar refractivity (Wildman–Crippen MR) is 89.4 cm³/mol. The van der Waals surface area contributed by atoms with Gasteiger partial charge in [-0.3, -0.25) is 4.79 Å². The zero-order valence-electron chi connectivity index (χ0n) is 14.2. The van der Waals surface area contributed by atoms with Gasteiger partial charge in [-0.1, -0.05) is 90.4 Å². The standard InChI is InChI=1S/C19H36O2/c1-2-3-4-5-6-7-8-9-10-11-12-13-14-15-18-16-19(20)21-17-18/h18H,2-17H2,1H3. The molecule has 0 aromatic carbocycles. The van der Waals surface area contributed by atoms with E-state index in [9.17, 15) is 4.79 Å². The summed E-state index contributed by atoms with van der Waals surface area (Å²) in [7, 11) is 0. The number of carbonyl (C=O) groups excluding carboxylic acids is 1. The van der Waals surface area contributed by atoms with Gasteiger partial charge in [0, 0.05) is 5.92 Å². The number of unbranched alkanes of at least 4 members (excludes halogenated alkanes) is 12. The smallest absolute Gasteiger partial charge is 0.306 e. The van der Waals surface area contributed by atoms with E-state index >= 15 is 0 Å². The number of hydrogen-bond acceptors (Lipinski definition) is 2. The maximum Gasteiger partial charge on any atom is 0.306 e. The highest BCUT2D eigenvalue weighted by molar-refractivity contribution is 5.71. The molecule has 0 radical (unpaired) electrons. The molecule has 1 fully saturated rings. The first kappa shape index (κ1) is 18.5. The largest absolute Gasteiger partial charge is 0.465 e. The minimum atomic E-state index is 0.00898. The molecule has 1 rings (SSSR count). The van der Waals surface area contributed by atoms with Gasteiger partial charge in [-0.2, -0.15) is 0 Å². The van der Waals surface area contributed by atoms with E-state index in [4.69, 9.17) is 4.74 Å². The average molecular weight is 296 g/mol. The third-order valence-corrected chi connectivity index (χ3v) is 4.65. The lowest BCUT2D eigenvalue weighted by molar-refractivity contribution is -0.137. The quantitative estimate of drug-likeness (QED) is 0.289. The number of carbonyl (C=O) groups is 1. The monoisotopic (exact) mass is 296 g/mol. The van der Waals surface area contributed by atoms with Crippen molar-refractivity contribution in [3.05, 3.63) is 0 Å². The minimum Gasteiger partial charge on any atom is -0.465 e. The van der Waals surface area contributed by atoms with Gasteiger partial charge in [0.1, 0.15) is 0 Å². The summed E-state index contributed by atoms with van der Waals surface area (Å²) in [6.45, 7) is 2.96. The fourth-order valence-electron chi connectivity index (χ4n) is 3.20. The molecule has 21 heavy (non-hydrogen) atoms. The fourth-order valence-corrected chi connectivity index (χ4v) is 3.20. The molecule has 0 amide bonds. The molecule has 1 atom stereocenters. The summed E-state index contributed by atoms with van der Waals surface area (Å²) >= 11 is 0. The van der Waals surface area contributed by atoms with Crippen molar-refractivity contribution in [2.45, 2.75) is 103 Å². The molecule has 1 aliphatic heterocycles. The molecule has 1 saturated heterocycles. The van der Waals surface area contributed by atoms with Crippen molar-refractivity contribution in [1.82, 2.24) is 0 Å². The van der Waals surface area contributed by atoms with Gasteiger partial charge < -0.3 is 4.74 Å². The zero-order chi connectivity index (χ0) is 15.2. The van der Waals surface area contributed by atoms with Crippen molar-refractivity contribution in [3.63, 3.8) is 0 Å². The summed E-state index contributed by atoms with van der Waals surface area (Å²) < 4.78 is 4.99.